The first kappa shape index (κ1) is 13.6. The van der Waals surface area contributed by atoms with Crippen LogP contribution in [-0.4, -0.2) is 12.1 Å². The molecule has 0 aliphatic heterocycles. The maximum absolute atomic E-state index is 11.0. The highest BCUT2D eigenvalue weighted by molar-refractivity contribution is 5.68. The predicted octanol–water partition coefficient (Wildman–Crippen LogP) is 3.32. The van der Waals surface area contributed by atoms with Crippen molar-refractivity contribution in [2.24, 2.45) is 0 Å². The van der Waals surface area contributed by atoms with E-state index in [-0.39, 0.29) is 12.1 Å². The van der Waals surface area contributed by atoms with E-state index in [0.29, 0.717) is 13.0 Å². The SMILES string of the molecule is CCC(=O)OCc1ccc(OC(C)CC)cc1. The quantitative estimate of drug-likeness (QED) is 0.711. The fraction of sp³-hybridized carbons (Fsp3) is 0.500. The summed E-state index contributed by atoms with van der Waals surface area (Å²) in [5.41, 5.74) is 0.975. The van der Waals surface area contributed by atoms with E-state index in [9.17, 15) is 4.79 Å². The number of rotatable bonds is 6. The maximum atomic E-state index is 11.0. The van der Waals surface area contributed by atoms with E-state index in [2.05, 4.69) is 6.92 Å². The van der Waals surface area contributed by atoms with E-state index in [0.717, 1.165) is 17.7 Å². The molecule has 3 heteroatoms. The summed E-state index contributed by atoms with van der Waals surface area (Å²) in [6.45, 7) is 6.24. The lowest BCUT2D eigenvalue weighted by Gasteiger charge is -2.12. The molecule has 1 unspecified atom stereocenters. The van der Waals surface area contributed by atoms with Gasteiger partial charge in [-0.3, -0.25) is 4.79 Å². The van der Waals surface area contributed by atoms with Crippen LogP contribution >= 0.6 is 0 Å². The van der Waals surface area contributed by atoms with Crippen molar-refractivity contribution in [2.45, 2.75) is 46.3 Å². The molecule has 0 fully saturated rings. The molecule has 94 valence electrons. The summed E-state index contributed by atoms with van der Waals surface area (Å²) in [6, 6.07) is 7.64. The molecule has 3 nitrogen and oxygen atoms in total. The van der Waals surface area contributed by atoms with Gasteiger partial charge in [0.05, 0.1) is 6.10 Å². The summed E-state index contributed by atoms with van der Waals surface area (Å²) in [7, 11) is 0. The molecule has 0 radical (unpaired) electrons. The Morgan fingerprint density at radius 1 is 1.24 bits per heavy atom. The Hall–Kier alpha value is -1.51. The first-order chi connectivity index (χ1) is 8.15. The second-order valence-electron chi connectivity index (χ2n) is 3.99. The second kappa shape index (κ2) is 6.94. The highest BCUT2D eigenvalue weighted by Crippen LogP contribution is 2.15. The molecule has 0 bridgehead atoms. The van der Waals surface area contributed by atoms with Crippen LogP contribution in [0.5, 0.6) is 5.75 Å². The molecule has 0 aliphatic carbocycles. The van der Waals surface area contributed by atoms with Crippen molar-refractivity contribution < 1.29 is 14.3 Å². The van der Waals surface area contributed by atoms with Crippen LogP contribution < -0.4 is 4.74 Å². The Morgan fingerprint density at radius 3 is 2.41 bits per heavy atom. The fourth-order valence-corrected chi connectivity index (χ4v) is 1.25. The van der Waals surface area contributed by atoms with Gasteiger partial charge in [-0.1, -0.05) is 26.0 Å². The monoisotopic (exact) mass is 236 g/mol. The zero-order chi connectivity index (χ0) is 12.7. The number of hydrogen-bond donors (Lipinski definition) is 0. The van der Waals surface area contributed by atoms with Gasteiger partial charge in [0, 0.05) is 6.42 Å². The van der Waals surface area contributed by atoms with Crippen molar-refractivity contribution in [3.8, 4) is 5.75 Å². The summed E-state index contributed by atoms with van der Waals surface area (Å²) in [5.74, 6) is 0.676. The van der Waals surface area contributed by atoms with E-state index in [1.807, 2.05) is 31.2 Å². The summed E-state index contributed by atoms with van der Waals surface area (Å²) in [6.07, 6.45) is 1.62. The molecule has 1 aromatic carbocycles. The average Bonchev–Trinajstić information content (AvgIpc) is 2.37. The van der Waals surface area contributed by atoms with E-state index >= 15 is 0 Å². The van der Waals surface area contributed by atoms with Crippen LogP contribution in [0.1, 0.15) is 39.2 Å². The highest BCUT2D eigenvalue weighted by Gasteiger charge is 2.02. The Kier molecular flexibility index (Phi) is 5.53. The molecule has 0 aliphatic rings. The fourth-order valence-electron chi connectivity index (χ4n) is 1.25. The van der Waals surface area contributed by atoms with Crippen LogP contribution in [0.15, 0.2) is 24.3 Å². The van der Waals surface area contributed by atoms with Gasteiger partial charge in [0.1, 0.15) is 12.4 Å². The normalized spacial score (nSPS) is 11.9. The Morgan fingerprint density at radius 2 is 1.88 bits per heavy atom. The Bertz CT molecular complexity index is 343. The first-order valence-electron chi connectivity index (χ1n) is 6.07. The maximum Gasteiger partial charge on any atom is 0.305 e. The summed E-state index contributed by atoms with van der Waals surface area (Å²) >= 11 is 0. The van der Waals surface area contributed by atoms with Gasteiger partial charge in [-0.15, -0.1) is 0 Å². The van der Waals surface area contributed by atoms with Gasteiger partial charge in [0.25, 0.3) is 0 Å². The molecule has 0 saturated heterocycles. The van der Waals surface area contributed by atoms with Crippen LogP contribution in [0.3, 0.4) is 0 Å². The number of ether oxygens (including phenoxy) is 2. The minimum absolute atomic E-state index is 0.176. The molecule has 0 aromatic heterocycles. The van der Waals surface area contributed by atoms with E-state index in [1.54, 1.807) is 6.92 Å². The van der Waals surface area contributed by atoms with Gasteiger partial charge in [0.2, 0.25) is 0 Å². The number of esters is 1. The van der Waals surface area contributed by atoms with E-state index in [4.69, 9.17) is 9.47 Å². The smallest absolute Gasteiger partial charge is 0.305 e. The molecule has 0 heterocycles. The number of carbonyl (C=O) groups excluding carboxylic acids is 1. The van der Waals surface area contributed by atoms with Crippen LogP contribution in [-0.2, 0) is 16.1 Å². The summed E-state index contributed by atoms with van der Waals surface area (Å²) in [4.78, 5) is 11.0. The van der Waals surface area contributed by atoms with Crippen LogP contribution in [0.2, 0.25) is 0 Å². The molecule has 0 saturated carbocycles. The minimum Gasteiger partial charge on any atom is -0.491 e. The molecule has 0 spiro atoms. The Labute approximate surface area is 103 Å². The van der Waals surface area contributed by atoms with Gasteiger partial charge in [0.15, 0.2) is 0 Å². The lowest BCUT2D eigenvalue weighted by molar-refractivity contribution is -0.144. The minimum atomic E-state index is -0.176. The van der Waals surface area contributed by atoms with Crippen molar-refractivity contribution in [1.82, 2.24) is 0 Å². The molecular weight excluding hydrogens is 216 g/mol. The standard InChI is InChI=1S/C14H20O3/c1-4-11(3)17-13-8-6-12(7-9-13)10-16-14(15)5-2/h6-9,11H,4-5,10H2,1-3H3. The van der Waals surface area contributed by atoms with Gasteiger partial charge >= 0.3 is 5.97 Å². The van der Waals surface area contributed by atoms with Gasteiger partial charge in [-0.2, -0.15) is 0 Å². The molecule has 1 rings (SSSR count). The summed E-state index contributed by atoms with van der Waals surface area (Å²) in [5, 5.41) is 0. The zero-order valence-corrected chi connectivity index (χ0v) is 10.7. The van der Waals surface area contributed by atoms with Crippen molar-refractivity contribution in [2.75, 3.05) is 0 Å². The number of carbonyl (C=O) groups is 1. The lowest BCUT2D eigenvalue weighted by atomic mass is 10.2. The van der Waals surface area contributed by atoms with Crippen molar-refractivity contribution >= 4 is 5.97 Å². The number of hydrogen-bond acceptors (Lipinski definition) is 3. The first-order valence-corrected chi connectivity index (χ1v) is 6.07. The third kappa shape index (κ3) is 4.89. The van der Waals surface area contributed by atoms with Crippen LogP contribution in [0.25, 0.3) is 0 Å². The molecular formula is C14H20O3. The van der Waals surface area contributed by atoms with Gasteiger partial charge in [-0.25, -0.2) is 0 Å². The van der Waals surface area contributed by atoms with Crippen molar-refractivity contribution in [3.63, 3.8) is 0 Å². The molecule has 0 amide bonds. The predicted molar refractivity (Wildman–Crippen MR) is 66.9 cm³/mol. The lowest BCUT2D eigenvalue weighted by Crippen LogP contribution is -2.09. The third-order valence-electron chi connectivity index (χ3n) is 2.52. The molecule has 17 heavy (non-hydrogen) atoms. The van der Waals surface area contributed by atoms with Gasteiger partial charge in [-0.05, 0) is 31.0 Å². The second-order valence-corrected chi connectivity index (χ2v) is 3.99. The topological polar surface area (TPSA) is 35.5 Å². The molecule has 1 atom stereocenters. The van der Waals surface area contributed by atoms with E-state index in [1.165, 1.54) is 0 Å². The highest BCUT2D eigenvalue weighted by atomic mass is 16.5. The Balaban J connectivity index is 2.47. The summed E-state index contributed by atoms with van der Waals surface area (Å²) < 4.78 is 10.7. The third-order valence-corrected chi connectivity index (χ3v) is 2.52. The van der Waals surface area contributed by atoms with Crippen LogP contribution in [0, 0.1) is 0 Å². The van der Waals surface area contributed by atoms with Crippen molar-refractivity contribution in [3.05, 3.63) is 29.8 Å². The molecule has 0 N–H and O–H groups in total. The average molecular weight is 236 g/mol. The van der Waals surface area contributed by atoms with Crippen LogP contribution in [0.4, 0.5) is 0 Å². The molecule has 1 aromatic rings. The van der Waals surface area contributed by atoms with E-state index < -0.39 is 0 Å². The van der Waals surface area contributed by atoms with Gasteiger partial charge < -0.3 is 9.47 Å². The number of benzene rings is 1. The van der Waals surface area contributed by atoms with Crippen molar-refractivity contribution in [1.29, 1.82) is 0 Å². The largest absolute Gasteiger partial charge is 0.491 e. The zero-order valence-electron chi connectivity index (χ0n) is 10.7.